The maximum atomic E-state index is 14.8. The maximum absolute atomic E-state index is 14.8. The van der Waals surface area contributed by atoms with Crippen LogP contribution in [-0.2, 0) is 5.67 Å². The number of rotatable bonds is 3. The lowest BCUT2D eigenvalue weighted by molar-refractivity contribution is 0.118. The Morgan fingerprint density at radius 1 is 1.30 bits per heavy atom. The van der Waals surface area contributed by atoms with Gasteiger partial charge in [-0.25, -0.2) is 9.37 Å². The third-order valence-corrected chi connectivity index (χ3v) is 3.58. The SMILES string of the molecule is COc1cnc(Cl)nc1N1CC(F)(c2ccccc2)C1. The second kappa shape index (κ2) is 4.90. The molecule has 2 heterocycles. The Morgan fingerprint density at radius 3 is 2.65 bits per heavy atom. The van der Waals surface area contributed by atoms with Gasteiger partial charge < -0.3 is 9.64 Å². The smallest absolute Gasteiger partial charge is 0.224 e. The topological polar surface area (TPSA) is 38.3 Å². The molecule has 1 aliphatic heterocycles. The molecule has 0 bridgehead atoms. The molecule has 3 rings (SSSR count). The number of hydrogen-bond acceptors (Lipinski definition) is 4. The number of anilines is 1. The molecule has 2 aromatic rings. The minimum Gasteiger partial charge on any atom is -0.491 e. The van der Waals surface area contributed by atoms with Crippen LogP contribution in [0.1, 0.15) is 5.56 Å². The lowest BCUT2D eigenvalue weighted by Crippen LogP contribution is -2.57. The van der Waals surface area contributed by atoms with E-state index in [2.05, 4.69) is 9.97 Å². The van der Waals surface area contributed by atoms with E-state index in [0.29, 0.717) is 17.1 Å². The van der Waals surface area contributed by atoms with Gasteiger partial charge in [-0.05, 0) is 17.2 Å². The molecule has 0 N–H and O–H groups in total. The Labute approximate surface area is 121 Å². The van der Waals surface area contributed by atoms with Crippen molar-refractivity contribution in [3.8, 4) is 5.75 Å². The Morgan fingerprint density at radius 2 is 2.00 bits per heavy atom. The maximum Gasteiger partial charge on any atom is 0.224 e. The predicted molar refractivity (Wildman–Crippen MR) is 75.0 cm³/mol. The molecule has 1 fully saturated rings. The minimum absolute atomic E-state index is 0.122. The molecule has 0 spiro atoms. The zero-order valence-corrected chi connectivity index (χ0v) is 11.6. The van der Waals surface area contributed by atoms with Crippen LogP contribution in [0.15, 0.2) is 36.5 Å². The van der Waals surface area contributed by atoms with Gasteiger partial charge in [-0.15, -0.1) is 0 Å². The number of methoxy groups -OCH3 is 1. The summed E-state index contributed by atoms with van der Waals surface area (Å²) in [5.41, 5.74) is -0.681. The first kappa shape index (κ1) is 13.1. The number of aromatic nitrogens is 2. The Hall–Kier alpha value is -1.88. The van der Waals surface area contributed by atoms with E-state index in [1.807, 2.05) is 18.2 Å². The van der Waals surface area contributed by atoms with Crippen LogP contribution in [0, 0.1) is 0 Å². The average Bonchev–Trinajstić information content (AvgIpc) is 2.45. The van der Waals surface area contributed by atoms with E-state index in [4.69, 9.17) is 16.3 Å². The van der Waals surface area contributed by atoms with Crippen LogP contribution in [0.2, 0.25) is 5.28 Å². The first-order valence-electron chi connectivity index (χ1n) is 6.18. The van der Waals surface area contributed by atoms with Gasteiger partial charge >= 0.3 is 0 Å². The normalized spacial score (nSPS) is 16.6. The number of ether oxygens (including phenoxy) is 1. The van der Waals surface area contributed by atoms with Crippen LogP contribution >= 0.6 is 11.6 Å². The van der Waals surface area contributed by atoms with Gasteiger partial charge in [0.2, 0.25) is 5.28 Å². The van der Waals surface area contributed by atoms with E-state index in [9.17, 15) is 4.39 Å². The first-order chi connectivity index (χ1) is 9.62. The van der Waals surface area contributed by atoms with Gasteiger partial charge in [-0.3, -0.25) is 0 Å². The summed E-state index contributed by atoms with van der Waals surface area (Å²) in [4.78, 5) is 9.76. The fourth-order valence-corrected chi connectivity index (χ4v) is 2.47. The molecule has 4 nitrogen and oxygen atoms in total. The van der Waals surface area contributed by atoms with E-state index in [0.717, 1.165) is 0 Å². The highest BCUT2D eigenvalue weighted by Gasteiger charge is 2.46. The third kappa shape index (κ3) is 2.18. The summed E-state index contributed by atoms with van der Waals surface area (Å²) >= 11 is 5.79. The van der Waals surface area contributed by atoms with Crippen molar-refractivity contribution in [3.63, 3.8) is 0 Å². The van der Waals surface area contributed by atoms with Crippen LogP contribution in [0.25, 0.3) is 0 Å². The van der Waals surface area contributed by atoms with Crippen LogP contribution < -0.4 is 9.64 Å². The Kier molecular flexibility index (Phi) is 3.22. The van der Waals surface area contributed by atoms with Crippen molar-refractivity contribution in [3.05, 3.63) is 47.4 Å². The fourth-order valence-electron chi connectivity index (χ4n) is 2.34. The summed E-state index contributed by atoms with van der Waals surface area (Å²) < 4.78 is 19.9. The third-order valence-electron chi connectivity index (χ3n) is 3.40. The van der Waals surface area contributed by atoms with E-state index in [1.165, 1.54) is 13.3 Å². The summed E-state index contributed by atoms with van der Waals surface area (Å²) in [5, 5.41) is 0.122. The Balaban J connectivity index is 1.82. The van der Waals surface area contributed by atoms with Gasteiger partial charge in [-0.1, -0.05) is 30.3 Å². The fraction of sp³-hybridized carbons (Fsp3) is 0.286. The summed E-state index contributed by atoms with van der Waals surface area (Å²) in [6, 6.07) is 9.13. The molecule has 0 amide bonds. The van der Waals surface area contributed by atoms with E-state index in [1.54, 1.807) is 17.0 Å². The molecule has 0 radical (unpaired) electrons. The lowest BCUT2D eigenvalue weighted by atomic mass is 9.88. The van der Waals surface area contributed by atoms with Gasteiger partial charge in [-0.2, -0.15) is 4.98 Å². The summed E-state index contributed by atoms with van der Waals surface area (Å²) in [6.45, 7) is 0.446. The van der Waals surface area contributed by atoms with E-state index in [-0.39, 0.29) is 18.4 Å². The lowest BCUT2D eigenvalue weighted by Gasteiger charge is -2.45. The highest BCUT2D eigenvalue weighted by atomic mass is 35.5. The average molecular weight is 294 g/mol. The molecule has 6 heteroatoms. The van der Waals surface area contributed by atoms with Gasteiger partial charge in [0.05, 0.1) is 26.4 Å². The number of halogens is 2. The standard InChI is InChI=1S/C14H13ClFN3O/c1-20-11-7-17-13(15)18-12(11)19-8-14(16,9-19)10-5-3-2-4-6-10/h2-7H,8-9H2,1H3. The number of benzene rings is 1. The molecule has 0 atom stereocenters. The highest BCUT2D eigenvalue weighted by molar-refractivity contribution is 6.28. The van der Waals surface area contributed by atoms with Crippen LogP contribution in [0.3, 0.4) is 0 Å². The molecule has 1 saturated heterocycles. The molecule has 0 saturated carbocycles. The molecule has 0 unspecified atom stereocenters. The summed E-state index contributed by atoms with van der Waals surface area (Å²) in [5.74, 6) is 1.02. The van der Waals surface area contributed by atoms with E-state index < -0.39 is 5.67 Å². The van der Waals surface area contributed by atoms with Crippen molar-refractivity contribution < 1.29 is 9.13 Å². The van der Waals surface area contributed by atoms with Gasteiger partial charge in [0.1, 0.15) is 0 Å². The van der Waals surface area contributed by atoms with Crippen molar-refractivity contribution in [1.82, 2.24) is 9.97 Å². The van der Waals surface area contributed by atoms with E-state index >= 15 is 0 Å². The first-order valence-corrected chi connectivity index (χ1v) is 6.56. The van der Waals surface area contributed by atoms with Crippen molar-refractivity contribution in [2.45, 2.75) is 5.67 Å². The highest BCUT2D eigenvalue weighted by Crippen LogP contribution is 2.41. The quantitative estimate of drug-likeness (QED) is 0.816. The van der Waals surface area contributed by atoms with Gasteiger partial charge in [0.15, 0.2) is 17.2 Å². The molecule has 1 aromatic heterocycles. The van der Waals surface area contributed by atoms with Gasteiger partial charge in [0.25, 0.3) is 0 Å². The van der Waals surface area contributed by atoms with Gasteiger partial charge in [0, 0.05) is 0 Å². The molecule has 1 aromatic carbocycles. The van der Waals surface area contributed by atoms with Crippen molar-refractivity contribution in [1.29, 1.82) is 0 Å². The predicted octanol–water partition coefficient (Wildman–Crippen LogP) is 2.82. The van der Waals surface area contributed by atoms with Crippen molar-refractivity contribution >= 4 is 17.4 Å². The van der Waals surface area contributed by atoms with Crippen molar-refractivity contribution in [2.24, 2.45) is 0 Å². The van der Waals surface area contributed by atoms with Crippen molar-refractivity contribution in [2.75, 3.05) is 25.1 Å². The minimum atomic E-state index is -1.36. The molecular weight excluding hydrogens is 281 g/mol. The zero-order chi connectivity index (χ0) is 14.2. The number of hydrogen-bond donors (Lipinski definition) is 0. The molecular formula is C14H13ClFN3O. The molecule has 104 valence electrons. The molecule has 0 aliphatic carbocycles. The molecule has 20 heavy (non-hydrogen) atoms. The zero-order valence-electron chi connectivity index (χ0n) is 10.9. The Bertz CT molecular complexity index is 617. The largest absolute Gasteiger partial charge is 0.491 e. The second-order valence-corrected chi connectivity index (χ2v) is 5.06. The second-order valence-electron chi connectivity index (χ2n) is 4.72. The number of alkyl halides is 1. The van der Waals surface area contributed by atoms with Crippen LogP contribution in [0.5, 0.6) is 5.75 Å². The number of nitrogens with zero attached hydrogens (tertiary/aromatic N) is 3. The van der Waals surface area contributed by atoms with Crippen LogP contribution in [0.4, 0.5) is 10.2 Å². The van der Waals surface area contributed by atoms with Crippen LogP contribution in [-0.4, -0.2) is 30.2 Å². The summed E-state index contributed by atoms with van der Waals surface area (Å²) in [6.07, 6.45) is 1.49. The monoisotopic (exact) mass is 293 g/mol. The summed E-state index contributed by atoms with van der Waals surface area (Å²) in [7, 11) is 1.52. The molecule has 1 aliphatic rings.